The Kier molecular flexibility index (Phi) is 9.54. The molecule has 0 bridgehead atoms. The number of halogens is 1. The molecule has 8 nitrogen and oxygen atoms in total. The molecule has 9 heteroatoms. The summed E-state index contributed by atoms with van der Waals surface area (Å²) in [6.07, 6.45) is 9.25. The quantitative estimate of drug-likeness (QED) is 0.211. The summed E-state index contributed by atoms with van der Waals surface area (Å²) in [6.45, 7) is 4.98. The van der Waals surface area contributed by atoms with Gasteiger partial charge in [0.05, 0.1) is 22.9 Å². The molecular weight excluding hydrogens is 591 g/mol. The number of pyridine rings is 4. The monoisotopic (exact) mass is 630 g/mol. The molecule has 0 aliphatic carbocycles. The number of hydrogen-bond acceptors (Lipinski definition) is 6. The minimum Gasteiger partial charge on any atom is -0.369 e. The van der Waals surface area contributed by atoms with Crippen molar-refractivity contribution in [3.05, 3.63) is 147 Å². The van der Waals surface area contributed by atoms with Crippen LogP contribution in [0, 0.1) is 12.9 Å². The molecule has 1 saturated heterocycles. The third-order valence-electron chi connectivity index (χ3n) is 8.88. The second-order valence-electron chi connectivity index (χ2n) is 12.2. The van der Waals surface area contributed by atoms with Crippen LogP contribution in [0.25, 0.3) is 21.8 Å². The Morgan fingerprint density at radius 1 is 0.872 bits per heavy atom. The predicted octanol–water partition coefficient (Wildman–Crippen LogP) is 5.99. The maximum absolute atomic E-state index is 13.4. The van der Waals surface area contributed by atoms with E-state index in [1.807, 2.05) is 97.1 Å². The first-order chi connectivity index (χ1) is 22.8. The van der Waals surface area contributed by atoms with Crippen molar-refractivity contribution in [3.63, 3.8) is 0 Å². The summed E-state index contributed by atoms with van der Waals surface area (Å²) in [4.78, 5) is 37.6. The lowest BCUT2D eigenvalue weighted by atomic mass is 10.0. The van der Waals surface area contributed by atoms with Crippen LogP contribution in [-0.2, 0) is 27.2 Å². The fourth-order valence-electron chi connectivity index (χ4n) is 6.47. The summed E-state index contributed by atoms with van der Waals surface area (Å²) >= 11 is 0. The first-order valence-electron chi connectivity index (χ1n) is 15.9. The third-order valence-corrected chi connectivity index (χ3v) is 8.88. The standard InChI is InChI=1S/C28H30FN5O.C10H9NO/c1-20-14-21(11-12-30-20)16-34(18-22-17-32(2)26-8-4-3-7-25(26)28(22)35)24-6-5-13-33(19-24)23-9-10-27(29)31-15-23;1-11-7-6-10(12)8-4-2-3-5-9(8)11/h3-4,7-12,14-15,17,24H,5-6,13,16,18-19H2,1-2H3;2-7H,1H3/t24-;/m0./s1. The minimum atomic E-state index is -0.468. The molecule has 5 heterocycles. The van der Waals surface area contributed by atoms with Crippen LogP contribution in [0.4, 0.5) is 10.1 Å². The minimum absolute atomic E-state index is 0.0868. The van der Waals surface area contributed by atoms with E-state index in [4.69, 9.17) is 0 Å². The van der Waals surface area contributed by atoms with Gasteiger partial charge in [-0.25, -0.2) is 4.98 Å². The average molecular weight is 631 g/mol. The molecule has 4 aromatic heterocycles. The first kappa shape index (κ1) is 31.8. The van der Waals surface area contributed by atoms with E-state index in [0.29, 0.717) is 6.54 Å². The number of fused-ring (bicyclic) bond motifs is 2. The number of aryl methyl sites for hydroxylation is 3. The van der Waals surface area contributed by atoms with Crippen molar-refractivity contribution in [1.29, 1.82) is 0 Å². The topological polar surface area (TPSA) is 76.3 Å². The van der Waals surface area contributed by atoms with E-state index in [0.717, 1.165) is 71.2 Å². The predicted molar refractivity (Wildman–Crippen MR) is 186 cm³/mol. The van der Waals surface area contributed by atoms with Gasteiger partial charge in [-0.05, 0) is 73.9 Å². The Bertz CT molecular complexity index is 2120. The molecule has 6 aromatic rings. The molecule has 0 saturated carbocycles. The molecule has 1 aliphatic heterocycles. The van der Waals surface area contributed by atoms with Crippen LogP contribution >= 0.6 is 0 Å². The van der Waals surface area contributed by atoms with E-state index in [2.05, 4.69) is 25.8 Å². The van der Waals surface area contributed by atoms with Gasteiger partial charge in [-0.1, -0.05) is 24.3 Å². The fourth-order valence-corrected chi connectivity index (χ4v) is 6.47. The molecule has 1 atom stereocenters. The number of para-hydroxylation sites is 2. The largest absolute Gasteiger partial charge is 0.369 e. The van der Waals surface area contributed by atoms with Crippen LogP contribution in [0.1, 0.15) is 29.7 Å². The van der Waals surface area contributed by atoms with Crippen molar-refractivity contribution < 1.29 is 4.39 Å². The second kappa shape index (κ2) is 14.1. The van der Waals surface area contributed by atoms with Gasteiger partial charge in [0.2, 0.25) is 5.95 Å². The Morgan fingerprint density at radius 2 is 1.62 bits per heavy atom. The molecule has 47 heavy (non-hydrogen) atoms. The number of benzene rings is 2. The Labute approximate surface area is 273 Å². The number of hydrogen-bond donors (Lipinski definition) is 0. The maximum Gasteiger partial charge on any atom is 0.212 e. The molecular formula is C38H39FN6O2. The Morgan fingerprint density at radius 3 is 2.34 bits per heavy atom. The highest BCUT2D eigenvalue weighted by Crippen LogP contribution is 2.25. The zero-order valence-corrected chi connectivity index (χ0v) is 27.0. The van der Waals surface area contributed by atoms with Crippen molar-refractivity contribution >= 4 is 27.5 Å². The highest BCUT2D eigenvalue weighted by molar-refractivity contribution is 5.79. The highest BCUT2D eigenvalue weighted by atomic mass is 19.1. The van der Waals surface area contributed by atoms with Crippen molar-refractivity contribution in [2.75, 3.05) is 18.0 Å². The number of rotatable bonds is 6. The summed E-state index contributed by atoms with van der Waals surface area (Å²) in [6, 6.07) is 24.5. The molecule has 0 spiro atoms. The van der Waals surface area contributed by atoms with E-state index < -0.39 is 5.95 Å². The zero-order chi connectivity index (χ0) is 32.9. The normalized spacial score (nSPS) is 14.7. The van der Waals surface area contributed by atoms with Crippen LogP contribution in [0.2, 0.25) is 0 Å². The van der Waals surface area contributed by atoms with Crippen LogP contribution in [-0.4, -0.2) is 43.1 Å². The van der Waals surface area contributed by atoms with Gasteiger partial charge in [0.15, 0.2) is 10.9 Å². The first-order valence-corrected chi connectivity index (χ1v) is 15.9. The molecule has 0 amide bonds. The Balaban J connectivity index is 0.000000269. The summed E-state index contributed by atoms with van der Waals surface area (Å²) in [5.41, 5.74) is 5.96. The molecule has 1 fully saturated rings. The molecule has 1 aliphatic rings. The summed E-state index contributed by atoms with van der Waals surface area (Å²) in [7, 11) is 3.92. The van der Waals surface area contributed by atoms with E-state index in [1.165, 1.54) is 11.6 Å². The Hall–Kier alpha value is -5.15. The van der Waals surface area contributed by atoms with Crippen molar-refractivity contribution in [3.8, 4) is 0 Å². The third kappa shape index (κ3) is 7.31. The van der Waals surface area contributed by atoms with Crippen molar-refractivity contribution in [2.24, 2.45) is 14.1 Å². The van der Waals surface area contributed by atoms with Crippen LogP contribution < -0.4 is 15.8 Å². The fraction of sp³-hybridized carbons (Fsp3) is 0.263. The SMILES string of the molecule is Cc1cc(CN(Cc2cn(C)c3ccccc3c2=O)[C@H]2CCCN(c3ccc(F)nc3)C2)ccn1.Cn1ccc(=O)c2ccccc21. The van der Waals surface area contributed by atoms with Gasteiger partial charge in [0.1, 0.15) is 0 Å². The summed E-state index contributed by atoms with van der Waals surface area (Å²) in [5.74, 6) is -0.468. The number of aromatic nitrogens is 4. The van der Waals surface area contributed by atoms with Crippen LogP contribution in [0.5, 0.6) is 0 Å². The lowest BCUT2D eigenvalue weighted by Crippen LogP contribution is -2.48. The number of anilines is 1. The lowest BCUT2D eigenvalue weighted by molar-refractivity contribution is 0.158. The molecule has 0 radical (unpaired) electrons. The van der Waals surface area contributed by atoms with Gasteiger partial charge in [-0.2, -0.15) is 4.39 Å². The van der Waals surface area contributed by atoms with E-state index in [1.54, 1.807) is 24.5 Å². The van der Waals surface area contributed by atoms with Gasteiger partial charge >= 0.3 is 0 Å². The van der Waals surface area contributed by atoms with Gasteiger partial charge in [-0.3, -0.25) is 19.5 Å². The van der Waals surface area contributed by atoms with Crippen molar-refractivity contribution in [2.45, 2.75) is 38.9 Å². The van der Waals surface area contributed by atoms with Gasteiger partial charge in [0, 0.05) is 93.0 Å². The van der Waals surface area contributed by atoms with E-state index >= 15 is 0 Å². The molecule has 2 aromatic carbocycles. The number of nitrogens with zero attached hydrogens (tertiary/aromatic N) is 6. The van der Waals surface area contributed by atoms with Crippen LogP contribution in [0.3, 0.4) is 0 Å². The smallest absolute Gasteiger partial charge is 0.212 e. The van der Waals surface area contributed by atoms with Crippen molar-refractivity contribution in [1.82, 2.24) is 24.0 Å². The molecule has 0 unspecified atom stereocenters. The molecule has 240 valence electrons. The maximum atomic E-state index is 13.4. The van der Waals surface area contributed by atoms with Gasteiger partial charge in [0.25, 0.3) is 0 Å². The van der Waals surface area contributed by atoms with E-state index in [9.17, 15) is 14.0 Å². The summed E-state index contributed by atoms with van der Waals surface area (Å²) in [5, 5.41) is 1.53. The molecule has 0 N–H and O–H groups in total. The highest BCUT2D eigenvalue weighted by Gasteiger charge is 2.27. The zero-order valence-electron chi connectivity index (χ0n) is 27.0. The second-order valence-corrected chi connectivity index (χ2v) is 12.2. The molecule has 7 rings (SSSR count). The lowest BCUT2D eigenvalue weighted by Gasteiger charge is -2.40. The van der Waals surface area contributed by atoms with Gasteiger partial charge < -0.3 is 14.0 Å². The number of piperidine rings is 1. The van der Waals surface area contributed by atoms with Crippen LogP contribution in [0.15, 0.2) is 113 Å². The summed E-state index contributed by atoms with van der Waals surface area (Å²) < 4.78 is 17.4. The van der Waals surface area contributed by atoms with E-state index in [-0.39, 0.29) is 16.9 Å². The average Bonchev–Trinajstić information content (AvgIpc) is 3.09. The van der Waals surface area contributed by atoms with Gasteiger partial charge in [-0.15, -0.1) is 0 Å².